The molecule has 112 valence electrons. The van der Waals surface area contributed by atoms with Crippen molar-refractivity contribution in [1.82, 2.24) is 20.6 Å². The Morgan fingerprint density at radius 1 is 1.33 bits per heavy atom. The van der Waals surface area contributed by atoms with Crippen molar-refractivity contribution in [3.63, 3.8) is 0 Å². The van der Waals surface area contributed by atoms with Crippen LogP contribution in [0.4, 0.5) is 11.6 Å². The van der Waals surface area contributed by atoms with Gasteiger partial charge in [-0.1, -0.05) is 11.6 Å². The van der Waals surface area contributed by atoms with Gasteiger partial charge in [0.2, 0.25) is 5.96 Å². The van der Waals surface area contributed by atoms with Crippen LogP contribution in [-0.2, 0) is 0 Å². The fourth-order valence-corrected chi connectivity index (χ4v) is 1.68. The zero-order valence-corrected chi connectivity index (χ0v) is 11.9. The molecule has 1 amide bonds. The quantitative estimate of drug-likeness (QED) is 0.472. The van der Waals surface area contributed by atoms with Crippen LogP contribution in [0.5, 0.6) is 0 Å². The summed E-state index contributed by atoms with van der Waals surface area (Å²) >= 11 is 5.70. The predicted molar refractivity (Wildman–Crippen MR) is 78.0 cm³/mol. The molecule has 1 aliphatic rings. The molecule has 0 saturated heterocycles. The van der Waals surface area contributed by atoms with Crippen molar-refractivity contribution in [2.75, 3.05) is 11.5 Å². The number of nitrogen functional groups attached to an aromatic ring is 2. The summed E-state index contributed by atoms with van der Waals surface area (Å²) in [4.78, 5) is 27.0. The highest BCUT2D eigenvalue weighted by Gasteiger charge is 2.26. The second kappa shape index (κ2) is 5.05. The molecule has 0 aliphatic carbocycles. The molecule has 0 radical (unpaired) electrons. The minimum Gasteiger partial charge on any atom is -0.479 e. The highest BCUT2D eigenvalue weighted by Crippen LogP contribution is 2.17. The lowest BCUT2D eigenvalue weighted by Gasteiger charge is -2.26. The normalized spacial score (nSPS) is 16.5. The SMILES string of the molecule is CC1(C)N=C(O)N=C(NC(=O)c2nc(Cl)c(N)nc2N)N1. The lowest BCUT2D eigenvalue weighted by Crippen LogP contribution is -2.53. The van der Waals surface area contributed by atoms with E-state index in [0.717, 1.165) is 0 Å². The molecular weight excluding hydrogens is 300 g/mol. The molecule has 21 heavy (non-hydrogen) atoms. The van der Waals surface area contributed by atoms with Crippen LogP contribution in [0, 0.1) is 0 Å². The summed E-state index contributed by atoms with van der Waals surface area (Å²) < 4.78 is 0. The summed E-state index contributed by atoms with van der Waals surface area (Å²) in [5.41, 5.74) is 9.96. The Bertz CT molecular complexity index is 669. The van der Waals surface area contributed by atoms with Gasteiger partial charge < -0.3 is 21.9 Å². The molecule has 0 fully saturated rings. The van der Waals surface area contributed by atoms with Crippen LogP contribution in [0.1, 0.15) is 24.3 Å². The molecule has 10 nitrogen and oxygen atoms in total. The lowest BCUT2D eigenvalue weighted by molar-refractivity contribution is 0.0971. The number of aliphatic imine (C=N–C) groups is 2. The third kappa shape index (κ3) is 3.28. The van der Waals surface area contributed by atoms with E-state index in [-0.39, 0.29) is 28.4 Å². The number of hydrogen-bond acceptors (Lipinski definition) is 8. The summed E-state index contributed by atoms with van der Waals surface area (Å²) in [6.07, 6.45) is 0. The number of nitrogens with zero attached hydrogens (tertiary/aromatic N) is 4. The third-order valence-corrected chi connectivity index (χ3v) is 2.65. The van der Waals surface area contributed by atoms with Crippen molar-refractivity contribution in [3.05, 3.63) is 10.8 Å². The van der Waals surface area contributed by atoms with Crippen LogP contribution in [0.25, 0.3) is 0 Å². The van der Waals surface area contributed by atoms with E-state index in [4.69, 9.17) is 23.1 Å². The number of amides is 1. The summed E-state index contributed by atoms with van der Waals surface area (Å²) in [5.74, 6) is -0.974. The van der Waals surface area contributed by atoms with Gasteiger partial charge in [-0.2, -0.15) is 4.99 Å². The van der Waals surface area contributed by atoms with Crippen LogP contribution >= 0.6 is 11.6 Å². The Labute approximate surface area is 124 Å². The topological polar surface area (TPSA) is 164 Å². The molecular formula is C10H13ClN8O2. The molecule has 0 bridgehead atoms. The van der Waals surface area contributed by atoms with Crippen LogP contribution in [0.3, 0.4) is 0 Å². The van der Waals surface area contributed by atoms with Gasteiger partial charge in [-0.25, -0.2) is 15.0 Å². The standard InChI is InChI=1S/C10H13ClN8O2/c1-10(2)18-8(17-9(21)19-10)16-7(20)3-5(12)15-6(13)4(11)14-3/h1-2H3,(H4,12,13,15)(H3,16,17,18,19,20,21). The third-order valence-electron chi connectivity index (χ3n) is 2.37. The first kappa shape index (κ1) is 14.8. The average Bonchev–Trinajstić information content (AvgIpc) is 2.30. The maximum Gasteiger partial charge on any atom is 0.314 e. The number of nitrogens with one attached hydrogen (secondary N) is 2. The van der Waals surface area contributed by atoms with E-state index in [1.807, 2.05) is 0 Å². The zero-order chi connectivity index (χ0) is 15.8. The van der Waals surface area contributed by atoms with Crippen molar-refractivity contribution >= 4 is 41.1 Å². The lowest BCUT2D eigenvalue weighted by atomic mass is 10.2. The number of carbonyl (C=O) groups excluding carboxylic acids is 1. The Hall–Kier alpha value is -2.62. The number of aliphatic hydroxyl groups is 1. The van der Waals surface area contributed by atoms with Crippen molar-refractivity contribution in [3.8, 4) is 0 Å². The molecule has 1 aromatic rings. The summed E-state index contributed by atoms with van der Waals surface area (Å²) in [6, 6.07) is -0.469. The number of nitrogens with two attached hydrogens (primary N) is 2. The van der Waals surface area contributed by atoms with E-state index >= 15 is 0 Å². The maximum atomic E-state index is 12.1. The van der Waals surface area contributed by atoms with Gasteiger partial charge in [0.25, 0.3) is 5.91 Å². The maximum absolute atomic E-state index is 12.1. The van der Waals surface area contributed by atoms with Crippen LogP contribution in [-0.4, -0.2) is 38.6 Å². The fraction of sp³-hybridized carbons (Fsp3) is 0.300. The fourth-order valence-electron chi connectivity index (χ4n) is 1.56. The van der Waals surface area contributed by atoms with Gasteiger partial charge in [-0.05, 0) is 13.8 Å². The molecule has 0 saturated carbocycles. The molecule has 0 atom stereocenters. The number of anilines is 2. The van der Waals surface area contributed by atoms with Gasteiger partial charge in [0.15, 0.2) is 22.5 Å². The van der Waals surface area contributed by atoms with Gasteiger partial charge in [0.05, 0.1) is 0 Å². The molecule has 0 aromatic carbocycles. The number of carbonyl (C=O) groups is 1. The summed E-state index contributed by atoms with van der Waals surface area (Å²) in [5, 5.41) is 14.5. The van der Waals surface area contributed by atoms with Crippen molar-refractivity contribution in [2.45, 2.75) is 19.5 Å². The monoisotopic (exact) mass is 312 g/mol. The van der Waals surface area contributed by atoms with Crippen molar-refractivity contribution in [2.24, 2.45) is 9.98 Å². The number of guanidine groups is 1. The second-order valence-corrected chi connectivity index (χ2v) is 5.00. The Balaban J connectivity index is 2.23. The predicted octanol–water partition coefficient (Wildman–Crippen LogP) is -0.366. The van der Waals surface area contributed by atoms with Gasteiger partial charge in [0.1, 0.15) is 5.66 Å². The number of halogens is 1. The molecule has 1 aromatic heterocycles. The van der Waals surface area contributed by atoms with Crippen LogP contribution in [0.15, 0.2) is 9.98 Å². The number of rotatable bonds is 1. The first-order valence-electron chi connectivity index (χ1n) is 5.73. The summed E-state index contributed by atoms with van der Waals surface area (Å²) in [7, 11) is 0. The van der Waals surface area contributed by atoms with E-state index < -0.39 is 17.6 Å². The van der Waals surface area contributed by atoms with Gasteiger partial charge in [-0.15, -0.1) is 0 Å². The number of hydrogen-bond donors (Lipinski definition) is 5. The molecule has 0 unspecified atom stereocenters. The van der Waals surface area contributed by atoms with Crippen LogP contribution < -0.4 is 22.1 Å². The second-order valence-electron chi connectivity index (χ2n) is 4.64. The zero-order valence-electron chi connectivity index (χ0n) is 11.2. The molecule has 7 N–H and O–H groups in total. The first-order valence-corrected chi connectivity index (χ1v) is 6.11. The van der Waals surface area contributed by atoms with E-state index in [9.17, 15) is 9.90 Å². The average molecular weight is 313 g/mol. The van der Waals surface area contributed by atoms with Gasteiger partial charge in [-0.3, -0.25) is 10.1 Å². The van der Waals surface area contributed by atoms with E-state index in [1.54, 1.807) is 13.8 Å². The molecule has 2 heterocycles. The van der Waals surface area contributed by atoms with Crippen molar-refractivity contribution < 1.29 is 9.90 Å². The highest BCUT2D eigenvalue weighted by atomic mass is 35.5. The molecule has 11 heteroatoms. The Morgan fingerprint density at radius 3 is 2.62 bits per heavy atom. The van der Waals surface area contributed by atoms with E-state index in [0.29, 0.717) is 0 Å². The summed E-state index contributed by atoms with van der Waals surface area (Å²) in [6.45, 7) is 3.36. The van der Waals surface area contributed by atoms with Crippen LogP contribution in [0.2, 0.25) is 5.15 Å². The number of aliphatic hydroxyl groups excluding tert-OH is 1. The molecule has 1 aliphatic heterocycles. The van der Waals surface area contributed by atoms with Crippen molar-refractivity contribution in [1.29, 1.82) is 0 Å². The molecule has 0 spiro atoms. The highest BCUT2D eigenvalue weighted by molar-refractivity contribution is 6.31. The van der Waals surface area contributed by atoms with Gasteiger partial charge >= 0.3 is 6.02 Å². The largest absolute Gasteiger partial charge is 0.479 e. The Kier molecular flexibility index (Phi) is 3.56. The van der Waals surface area contributed by atoms with Gasteiger partial charge in [0, 0.05) is 0 Å². The number of amidine groups is 1. The van der Waals surface area contributed by atoms with E-state index in [2.05, 4.69) is 30.6 Å². The van der Waals surface area contributed by atoms with E-state index in [1.165, 1.54) is 0 Å². The first-order chi connectivity index (χ1) is 9.68. The molecule has 2 rings (SSSR count). The Morgan fingerprint density at radius 2 is 2.00 bits per heavy atom. The number of aromatic nitrogens is 2. The smallest absolute Gasteiger partial charge is 0.314 e. The minimum atomic E-state index is -0.829. The minimum absolute atomic E-state index is 0.00773.